The van der Waals surface area contributed by atoms with E-state index in [0.717, 1.165) is 12.3 Å². The van der Waals surface area contributed by atoms with E-state index in [2.05, 4.69) is 10.3 Å². The van der Waals surface area contributed by atoms with Gasteiger partial charge in [-0.15, -0.1) is 0 Å². The Morgan fingerprint density at radius 3 is 2.70 bits per heavy atom. The molecule has 1 atom stereocenters. The molecule has 1 aromatic heterocycles. The van der Waals surface area contributed by atoms with Crippen molar-refractivity contribution in [2.45, 2.75) is 32.7 Å². The number of carboxylic acid groups (broad SMARTS) is 1. The molecule has 8 nitrogen and oxygen atoms in total. The van der Waals surface area contributed by atoms with Crippen LogP contribution in [0.5, 0.6) is 0 Å². The van der Waals surface area contributed by atoms with Gasteiger partial charge in [-0.25, -0.2) is 4.79 Å². The number of hydrogen-bond donors (Lipinski definition) is 2. The first-order valence-electron chi connectivity index (χ1n) is 6.01. The quantitative estimate of drug-likeness (QED) is 0.598. The third kappa shape index (κ3) is 3.74. The second-order valence-electron chi connectivity index (χ2n) is 4.24. The van der Waals surface area contributed by atoms with E-state index in [4.69, 9.17) is 5.11 Å². The first kappa shape index (κ1) is 15.5. The van der Waals surface area contributed by atoms with Crippen molar-refractivity contribution < 1.29 is 19.6 Å². The van der Waals surface area contributed by atoms with Gasteiger partial charge < -0.3 is 10.4 Å². The van der Waals surface area contributed by atoms with E-state index < -0.39 is 22.8 Å². The number of rotatable bonds is 6. The number of hydrogen-bond acceptors (Lipinski definition) is 5. The third-order valence-electron chi connectivity index (χ3n) is 2.71. The molecule has 0 aromatic carbocycles. The van der Waals surface area contributed by atoms with E-state index in [-0.39, 0.29) is 17.7 Å². The average molecular weight is 281 g/mol. The van der Waals surface area contributed by atoms with Gasteiger partial charge in [-0.05, 0) is 13.3 Å². The number of aryl methyl sites for hydroxylation is 1. The summed E-state index contributed by atoms with van der Waals surface area (Å²) in [4.78, 5) is 36.7. The maximum absolute atomic E-state index is 12.0. The highest BCUT2D eigenvalue weighted by Crippen LogP contribution is 2.15. The zero-order valence-electron chi connectivity index (χ0n) is 11.1. The number of amides is 1. The van der Waals surface area contributed by atoms with Crippen molar-refractivity contribution in [3.05, 3.63) is 33.6 Å². The first-order valence-corrected chi connectivity index (χ1v) is 6.01. The monoisotopic (exact) mass is 281 g/mol. The molecule has 2 N–H and O–H groups in total. The van der Waals surface area contributed by atoms with Crippen molar-refractivity contribution in [3.63, 3.8) is 0 Å². The minimum absolute atomic E-state index is 0.00144. The van der Waals surface area contributed by atoms with Crippen LogP contribution in [-0.4, -0.2) is 32.9 Å². The molecule has 1 heterocycles. The topological polar surface area (TPSA) is 122 Å². The highest BCUT2D eigenvalue weighted by Gasteiger charge is 2.22. The molecule has 0 aliphatic rings. The number of aromatic nitrogens is 1. The second-order valence-corrected chi connectivity index (χ2v) is 4.24. The van der Waals surface area contributed by atoms with Gasteiger partial charge in [0.2, 0.25) is 0 Å². The molecule has 8 heteroatoms. The molecule has 0 aliphatic carbocycles. The van der Waals surface area contributed by atoms with Gasteiger partial charge in [0.05, 0.1) is 16.2 Å². The van der Waals surface area contributed by atoms with Crippen molar-refractivity contribution in [2.24, 2.45) is 0 Å². The van der Waals surface area contributed by atoms with E-state index in [1.165, 1.54) is 6.92 Å². The molecule has 0 radical (unpaired) electrons. The Labute approximate surface area is 115 Å². The summed E-state index contributed by atoms with van der Waals surface area (Å²) >= 11 is 0. The van der Waals surface area contributed by atoms with Crippen molar-refractivity contribution in [2.75, 3.05) is 0 Å². The second kappa shape index (κ2) is 6.60. The number of nitrogens with zero attached hydrogens (tertiary/aromatic N) is 2. The SMILES string of the molecule is CCCC(NC(=O)c1cc([N+](=O)[O-])cnc1C)C(=O)O. The predicted molar refractivity (Wildman–Crippen MR) is 69.4 cm³/mol. The summed E-state index contributed by atoms with van der Waals surface area (Å²) in [6.45, 7) is 3.32. The zero-order valence-corrected chi connectivity index (χ0v) is 11.1. The van der Waals surface area contributed by atoms with Crippen LogP contribution in [0.1, 0.15) is 35.8 Å². The minimum atomic E-state index is -1.14. The van der Waals surface area contributed by atoms with Crippen LogP contribution < -0.4 is 5.32 Å². The molecule has 20 heavy (non-hydrogen) atoms. The Bertz CT molecular complexity index is 544. The summed E-state index contributed by atoms with van der Waals surface area (Å²) in [6.07, 6.45) is 1.92. The molecule has 0 saturated heterocycles. The summed E-state index contributed by atoms with van der Waals surface area (Å²) in [5, 5.41) is 22.0. The van der Waals surface area contributed by atoms with E-state index >= 15 is 0 Å². The number of carboxylic acids is 1. The van der Waals surface area contributed by atoms with E-state index in [1.54, 1.807) is 6.92 Å². The summed E-state index contributed by atoms with van der Waals surface area (Å²) in [6, 6.07) is 0.0638. The summed E-state index contributed by atoms with van der Waals surface area (Å²) in [5.74, 6) is -1.82. The lowest BCUT2D eigenvalue weighted by Crippen LogP contribution is -2.41. The molecule has 0 aliphatic heterocycles. The Balaban J connectivity index is 2.99. The third-order valence-corrected chi connectivity index (χ3v) is 2.71. The van der Waals surface area contributed by atoms with Crippen LogP contribution in [-0.2, 0) is 4.79 Å². The smallest absolute Gasteiger partial charge is 0.326 e. The van der Waals surface area contributed by atoms with E-state index in [9.17, 15) is 19.7 Å². The van der Waals surface area contributed by atoms with Gasteiger partial charge in [-0.1, -0.05) is 13.3 Å². The molecule has 1 unspecified atom stereocenters. The number of carbonyl (C=O) groups is 2. The average Bonchev–Trinajstić information content (AvgIpc) is 2.38. The summed E-state index contributed by atoms with van der Waals surface area (Å²) in [7, 11) is 0. The van der Waals surface area contributed by atoms with Gasteiger partial charge in [-0.3, -0.25) is 19.9 Å². The molecular formula is C12H15N3O5. The zero-order chi connectivity index (χ0) is 15.3. The lowest BCUT2D eigenvalue weighted by molar-refractivity contribution is -0.385. The van der Waals surface area contributed by atoms with Crippen LogP contribution in [0.25, 0.3) is 0 Å². The Hall–Kier alpha value is -2.51. The molecular weight excluding hydrogens is 266 g/mol. The van der Waals surface area contributed by atoms with Crippen molar-refractivity contribution in [1.29, 1.82) is 0 Å². The standard InChI is InChI=1S/C12H15N3O5/c1-3-4-10(12(17)18)14-11(16)9-5-8(15(19)20)6-13-7(9)2/h5-6,10H,3-4H2,1-2H3,(H,14,16)(H,17,18). The van der Waals surface area contributed by atoms with Gasteiger partial charge in [0, 0.05) is 6.07 Å². The van der Waals surface area contributed by atoms with Gasteiger partial charge >= 0.3 is 5.97 Å². The molecule has 0 bridgehead atoms. The van der Waals surface area contributed by atoms with Crippen LogP contribution in [0.15, 0.2) is 12.3 Å². The van der Waals surface area contributed by atoms with Gasteiger partial charge in [0.15, 0.2) is 0 Å². The van der Waals surface area contributed by atoms with Crippen LogP contribution in [0, 0.1) is 17.0 Å². The molecule has 1 aromatic rings. The maximum atomic E-state index is 12.0. The summed E-state index contributed by atoms with van der Waals surface area (Å²) < 4.78 is 0. The number of carbonyl (C=O) groups excluding carboxylic acids is 1. The number of nitrogens with one attached hydrogen (secondary N) is 1. The van der Waals surface area contributed by atoms with Crippen molar-refractivity contribution >= 4 is 17.6 Å². The fraction of sp³-hybridized carbons (Fsp3) is 0.417. The lowest BCUT2D eigenvalue weighted by atomic mass is 10.1. The van der Waals surface area contributed by atoms with Crippen LogP contribution in [0.2, 0.25) is 0 Å². The maximum Gasteiger partial charge on any atom is 0.326 e. The van der Waals surface area contributed by atoms with E-state index in [1.807, 2.05) is 0 Å². The van der Waals surface area contributed by atoms with Gasteiger partial charge in [-0.2, -0.15) is 0 Å². The number of aliphatic carboxylic acids is 1. The Morgan fingerprint density at radius 1 is 1.55 bits per heavy atom. The normalized spacial score (nSPS) is 11.7. The largest absolute Gasteiger partial charge is 0.480 e. The molecule has 0 spiro atoms. The van der Waals surface area contributed by atoms with Gasteiger partial charge in [0.1, 0.15) is 12.2 Å². The van der Waals surface area contributed by atoms with Crippen molar-refractivity contribution in [1.82, 2.24) is 10.3 Å². The predicted octanol–water partition coefficient (Wildman–Crippen LogP) is 1.28. The van der Waals surface area contributed by atoms with Crippen LogP contribution >= 0.6 is 0 Å². The van der Waals surface area contributed by atoms with Crippen LogP contribution in [0.3, 0.4) is 0 Å². The van der Waals surface area contributed by atoms with Crippen LogP contribution in [0.4, 0.5) is 5.69 Å². The van der Waals surface area contributed by atoms with E-state index in [0.29, 0.717) is 12.1 Å². The van der Waals surface area contributed by atoms with Gasteiger partial charge in [0.25, 0.3) is 11.6 Å². The molecule has 1 amide bonds. The highest BCUT2D eigenvalue weighted by molar-refractivity contribution is 5.97. The minimum Gasteiger partial charge on any atom is -0.480 e. The molecule has 108 valence electrons. The number of pyridine rings is 1. The summed E-state index contributed by atoms with van der Waals surface area (Å²) in [5.41, 5.74) is -0.0154. The fourth-order valence-corrected chi connectivity index (χ4v) is 1.63. The van der Waals surface area contributed by atoms with Crippen molar-refractivity contribution in [3.8, 4) is 0 Å². The highest BCUT2D eigenvalue weighted by atomic mass is 16.6. The first-order chi connectivity index (χ1) is 9.36. The molecule has 0 fully saturated rings. The molecule has 0 saturated carbocycles. The molecule has 1 rings (SSSR count). The fourth-order valence-electron chi connectivity index (χ4n) is 1.63. The Morgan fingerprint density at radius 2 is 2.20 bits per heavy atom. The Kier molecular flexibility index (Phi) is 5.13. The number of nitro groups is 1. The lowest BCUT2D eigenvalue weighted by Gasteiger charge is -2.14.